The molecule has 1 aliphatic heterocycles. The van der Waals surface area contributed by atoms with Gasteiger partial charge in [0.15, 0.2) is 0 Å². The number of hydrogen-bond donors (Lipinski definition) is 1. The monoisotopic (exact) mass is 362 g/mol. The number of anilines is 2. The molecule has 1 heterocycles. The molecule has 0 radical (unpaired) electrons. The fraction of sp³-hybridized carbons (Fsp3) is 0.316. The fourth-order valence-electron chi connectivity index (χ4n) is 3.05. The van der Waals surface area contributed by atoms with Gasteiger partial charge in [0, 0.05) is 40.4 Å². The van der Waals surface area contributed by atoms with E-state index in [1.165, 1.54) is 0 Å². The van der Waals surface area contributed by atoms with Crippen LogP contribution in [-0.4, -0.2) is 19.0 Å². The van der Waals surface area contributed by atoms with Crippen LogP contribution in [0.2, 0.25) is 10.0 Å². The molecule has 24 heavy (non-hydrogen) atoms. The molecule has 0 unspecified atom stereocenters. The Balaban J connectivity index is 1.60. The highest BCUT2D eigenvalue weighted by Gasteiger charge is 2.25. The molecule has 1 aliphatic rings. The van der Waals surface area contributed by atoms with E-state index in [-0.39, 0.29) is 11.8 Å². The summed E-state index contributed by atoms with van der Waals surface area (Å²) < 4.78 is 0. The lowest BCUT2D eigenvalue weighted by atomic mass is 9.95. The van der Waals surface area contributed by atoms with Gasteiger partial charge in [-0.05, 0) is 55.7 Å². The summed E-state index contributed by atoms with van der Waals surface area (Å²) in [5.41, 5.74) is 2.82. The summed E-state index contributed by atoms with van der Waals surface area (Å²) in [6.45, 7) is 3.62. The first kappa shape index (κ1) is 17.1. The minimum Gasteiger partial charge on any atom is -0.371 e. The van der Waals surface area contributed by atoms with Crippen molar-refractivity contribution in [3.05, 3.63) is 58.1 Å². The zero-order valence-corrected chi connectivity index (χ0v) is 15.1. The largest absolute Gasteiger partial charge is 0.371 e. The normalized spacial score (nSPS) is 15.4. The van der Waals surface area contributed by atoms with Crippen LogP contribution in [0.4, 0.5) is 11.4 Å². The first-order valence-electron chi connectivity index (χ1n) is 8.11. The second kappa shape index (κ2) is 7.45. The maximum Gasteiger partial charge on any atom is 0.227 e. The third-order valence-electron chi connectivity index (χ3n) is 4.56. The number of piperidine rings is 1. The first-order chi connectivity index (χ1) is 11.5. The fourth-order valence-corrected chi connectivity index (χ4v) is 3.41. The zero-order valence-electron chi connectivity index (χ0n) is 13.6. The highest BCUT2D eigenvalue weighted by molar-refractivity contribution is 6.31. The van der Waals surface area contributed by atoms with E-state index in [0.717, 1.165) is 47.9 Å². The van der Waals surface area contributed by atoms with Crippen molar-refractivity contribution in [3.8, 4) is 0 Å². The van der Waals surface area contributed by atoms with Crippen molar-refractivity contribution >= 4 is 40.5 Å². The van der Waals surface area contributed by atoms with E-state index in [4.69, 9.17) is 23.2 Å². The SMILES string of the molecule is Cc1c(Cl)cccc1NC(=O)C1CCN(c2cccc(Cl)c2)CC1. The molecule has 1 saturated heterocycles. The molecule has 0 saturated carbocycles. The minimum absolute atomic E-state index is 0.0267. The summed E-state index contributed by atoms with van der Waals surface area (Å²) in [5, 5.41) is 4.43. The molecular formula is C19H20Cl2N2O. The molecule has 3 rings (SSSR count). The van der Waals surface area contributed by atoms with Gasteiger partial charge in [0.1, 0.15) is 0 Å². The molecule has 0 aromatic heterocycles. The second-order valence-electron chi connectivity index (χ2n) is 6.14. The lowest BCUT2D eigenvalue weighted by molar-refractivity contribution is -0.120. The number of carbonyl (C=O) groups is 1. The molecule has 1 N–H and O–H groups in total. The summed E-state index contributed by atoms with van der Waals surface area (Å²) >= 11 is 12.2. The predicted molar refractivity (Wildman–Crippen MR) is 101 cm³/mol. The number of rotatable bonds is 3. The summed E-state index contributed by atoms with van der Waals surface area (Å²) in [6, 6.07) is 13.4. The maximum absolute atomic E-state index is 12.5. The van der Waals surface area contributed by atoms with Crippen LogP contribution in [0, 0.1) is 12.8 Å². The van der Waals surface area contributed by atoms with E-state index >= 15 is 0 Å². The van der Waals surface area contributed by atoms with Crippen molar-refractivity contribution in [2.45, 2.75) is 19.8 Å². The molecule has 2 aromatic rings. The Kier molecular flexibility index (Phi) is 5.32. The van der Waals surface area contributed by atoms with E-state index in [2.05, 4.69) is 16.3 Å². The van der Waals surface area contributed by atoms with Gasteiger partial charge in [-0.15, -0.1) is 0 Å². The van der Waals surface area contributed by atoms with Gasteiger partial charge in [0.25, 0.3) is 0 Å². The smallest absolute Gasteiger partial charge is 0.227 e. The van der Waals surface area contributed by atoms with Crippen molar-refractivity contribution in [3.63, 3.8) is 0 Å². The van der Waals surface area contributed by atoms with Crippen LogP contribution >= 0.6 is 23.2 Å². The Morgan fingerprint density at radius 3 is 2.54 bits per heavy atom. The maximum atomic E-state index is 12.5. The van der Waals surface area contributed by atoms with Gasteiger partial charge in [-0.2, -0.15) is 0 Å². The lowest BCUT2D eigenvalue weighted by Gasteiger charge is -2.33. The Morgan fingerprint density at radius 2 is 1.83 bits per heavy atom. The number of benzene rings is 2. The molecule has 0 spiro atoms. The van der Waals surface area contributed by atoms with Gasteiger partial charge >= 0.3 is 0 Å². The molecule has 0 bridgehead atoms. The van der Waals surface area contributed by atoms with Crippen LogP contribution in [0.3, 0.4) is 0 Å². The van der Waals surface area contributed by atoms with Crippen LogP contribution in [0.5, 0.6) is 0 Å². The predicted octanol–water partition coefficient (Wildman–Crippen LogP) is 5.16. The van der Waals surface area contributed by atoms with Crippen molar-refractivity contribution in [1.82, 2.24) is 0 Å². The van der Waals surface area contributed by atoms with Crippen LogP contribution in [0.15, 0.2) is 42.5 Å². The van der Waals surface area contributed by atoms with Gasteiger partial charge in [0.05, 0.1) is 0 Å². The molecule has 1 fully saturated rings. The molecular weight excluding hydrogens is 343 g/mol. The number of hydrogen-bond acceptors (Lipinski definition) is 2. The number of nitrogens with zero attached hydrogens (tertiary/aromatic N) is 1. The number of halogens is 2. The quantitative estimate of drug-likeness (QED) is 0.817. The van der Waals surface area contributed by atoms with E-state index in [0.29, 0.717) is 5.02 Å². The lowest BCUT2D eigenvalue weighted by Crippen LogP contribution is -2.38. The van der Waals surface area contributed by atoms with Crippen LogP contribution in [0.25, 0.3) is 0 Å². The third-order valence-corrected chi connectivity index (χ3v) is 5.21. The van der Waals surface area contributed by atoms with Crippen LogP contribution in [-0.2, 0) is 4.79 Å². The molecule has 2 aromatic carbocycles. The summed E-state index contributed by atoms with van der Waals surface area (Å²) in [7, 11) is 0. The second-order valence-corrected chi connectivity index (χ2v) is 6.99. The van der Waals surface area contributed by atoms with E-state index in [9.17, 15) is 4.79 Å². The van der Waals surface area contributed by atoms with Gasteiger partial charge in [-0.3, -0.25) is 4.79 Å². The molecule has 126 valence electrons. The number of carbonyl (C=O) groups excluding carboxylic acids is 1. The number of nitrogens with one attached hydrogen (secondary N) is 1. The summed E-state index contributed by atoms with van der Waals surface area (Å²) in [5.74, 6) is 0.102. The van der Waals surface area contributed by atoms with E-state index < -0.39 is 0 Å². The molecule has 3 nitrogen and oxygen atoms in total. The zero-order chi connectivity index (χ0) is 17.1. The highest BCUT2D eigenvalue weighted by Crippen LogP contribution is 2.28. The first-order valence-corrected chi connectivity index (χ1v) is 8.86. The van der Waals surface area contributed by atoms with Crippen LogP contribution in [0.1, 0.15) is 18.4 Å². The Morgan fingerprint density at radius 1 is 1.12 bits per heavy atom. The molecule has 1 amide bonds. The summed E-state index contributed by atoms with van der Waals surface area (Å²) in [6.07, 6.45) is 1.66. The summed E-state index contributed by atoms with van der Waals surface area (Å²) in [4.78, 5) is 14.8. The van der Waals surface area contributed by atoms with Crippen LogP contribution < -0.4 is 10.2 Å². The molecule has 5 heteroatoms. The average Bonchev–Trinajstić information content (AvgIpc) is 2.59. The number of amides is 1. The van der Waals surface area contributed by atoms with E-state index in [1.807, 2.05) is 43.3 Å². The molecule has 0 aliphatic carbocycles. The topological polar surface area (TPSA) is 32.3 Å². The molecule has 0 atom stereocenters. The minimum atomic E-state index is 0.0267. The standard InChI is InChI=1S/C19H20Cl2N2O/c1-13-17(21)6-3-7-18(13)22-19(24)14-8-10-23(11-9-14)16-5-2-4-15(20)12-16/h2-7,12,14H,8-11H2,1H3,(H,22,24). The van der Waals surface area contributed by atoms with Gasteiger partial charge in [-0.25, -0.2) is 0 Å². The average molecular weight is 363 g/mol. The Hall–Kier alpha value is -1.71. The van der Waals surface area contributed by atoms with Crippen molar-refractivity contribution < 1.29 is 4.79 Å². The third kappa shape index (κ3) is 3.85. The van der Waals surface area contributed by atoms with Crippen molar-refractivity contribution in [2.24, 2.45) is 5.92 Å². The Labute approximate surface area is 152 Å². The van der Waals surface area contributed by atoms with Crippen molar-refractivity contribution in [1.29, 1.82) is 0 Å². The highest BCUT2D eigenvalue weighted by atomic mass is 35.5. The van der Waals surface area contributed by atoms with Crippen molar-refractivity contribution in [2.75, 3.05) is 23.3 Å². The van der Waals surface area contributed by atoms with E-state index in [1.54, 1.807) is 0 Å². The van der Waals surface area contributed by atoms with Gasteiger partial charge in [-0.1, -0.05) is 35.3 Å². The van der Waals surface area contributed by atoms with Gasteiger partial charge in [0.2, 0.25) is 5.91 Å². The van der Waals surface area contributed by atoms with Gasteiger partial charge < -0.3 is 10.2 Å². The Bertz CT molecular complexity index is 740.